The average Bonchev–Trinajstić information content (AvgIpc) is 3.04. The van der Waals surface area contributed by atoms with Crippen LogP contribution in [0.15, 0.2) is 41.6 Å². The Bertz CT molecular complexity index is 580. The van der Waals surface area contributed by atoms with E-state index in [-0.39, 0.29) is 5.92 Å². The van der Waals surface area contributed by atoms with Crippen molar-refractivity contribution in [1.82, 2.24) is 9.91 Å². The van der Waals surface area contributed by atoms with Crippen LogP contribution in [0, 0.1) is 0 Å². The predicted octanol–water partition coefficient (Wildman–Crippen LogP) is 4.25. The molecular weight excluding hydrogens is 310 g/mol. The van der Waals surface area contributed by atoms with E-state index in [4.69, 9.17) is 4.74 Å². The molecule has 2 heterocycles. The molecule has 0 spiro atoms. The zero-order chi connectivity index (χ0) is 17.6. The molecule has 2 atom stereocenters. The van der Waals surface area contributed by atoms with Crippen molar-refractivity contribution in [2.45, 2.75) is 58.0 Å². The fraction of sp³-hybridized carbons (Fsp3) is 0.571. The van der Waals surface area contributed by atoms with Gasteiger partial charge in [-0.1, -0.05) is 18.2 Å². The SMILES string of the molecule is CC(C)N1C=CC(c2ccc(OCCCN3CCC[C@H]3C)cc2)C=N1. The molecule has 0 saturated carbocycles. The maximum absolute atomic E-state index is 5.91. The van der Waals surface area contributed by atoms with Gasteiger partial charge in [-0.3, -0.25) is 5.01 Å². The number of nitrogens with zero attached hydrogens (tertiary/aromatic N) is 3. The molecule has 0 N–H and O–H groups in total. The normalized spacial score (nSPS) is 23.6. The number of hydrazone groups is 1. The van der Waals surface area contributed by atoms with Gasteiger partial charge >= 0.3 is 0 Å². The topological polar surface area (TPSA) is 28.1 Å². The molecule has 0 amide bonds. The molecule has 0 aromatic heterocycles. The van der Waals surface area contributed by atoms with Gasteiger partial charge in [0.1, 0.15) is 5.75 Å². The van der Waals surface area contributed by atoms with E-state index < -0.39 is 0 Å². The maximum atomic E-state index is 5.91. The number of ether oxygens (including phenoxy) is 1. The minimum absolute atomic E-state index is 0.251. The van der Waals surface area contributed by atoms with Gasteiger partial charge < -0.3 is 9.64 Å². The Kier molecular flexibility index (Phi) is 6.14. The number of benzene rings is 1. The first kappa shape index (κ1) is 18.0. The Morgan fingerprint density at radius 2 is 2.04 bits per heavy atom. The van der Waals surface area contributed by atoms with Crippen molar-refractivity contribution in [3.8, 4) is 5.75 Å². The van der Waals surface area contributed by atoms with Crippen LogP contribution in [0.3, 0.4) is 0 Å². The quantitative estimate of drug-likeness (QED) is 0.694. The molecule has 3 rings (SSSR count). The van der Waals surface area contributed by atoms with Crippen molar-refractivity contribution in [3.63, 3.8) is 0 Å². The lowest BCUT2D eigenvalue weighted by Crippen LogP contribution is -2.28. The van der Waals surface area contributed by atoms with Crippen LogP contribution >= 0.6 is 0 Å². The predicted molar refractivity (Wildman–Crippen MR) is 104 cm³/mol. The summed E-state index contributed by atoms with van der Waals surface area (Å²) in [5.74, 6) is 1.21. The van der Waals surface area contributed by atoms with Gasteiger partial charge in [0.2, 0.25) is 0 Å². The monoisotopic (exact) mass is 341 g/mol. The van der Waals surface area contributed by atoms with Crippen molar-refractivity contribution in [1.29, 1.82) is 0 Å². The van der Waals surface area contributed by atoms with Crippen LogP contribution in [-0.2, 0) is 0 Å². The molecule has 2 aliphatic heterocycles. The summed E-state index contributed by atoms with van der Waals surface area (Å²) in [5.41, 5.74) is 1.25. The van der Waals surface area contributed by atoms with Crippen LogP contribution in [0.2, 0.25) is 0 Å². The highest BCUT2D eigenvalue weighted by molar-refractivity contribution is 5.71. The Morgan fingerprint density at radius 3 is 2.64 bits per heavy atom. The Labute approximate surface area is 152 Å². The van der Waals surface area contributed by atoms with Gasteiger partial charge in [0.05, 0.1) is 6.61 Å². The fourth-order valence-electron chi connectivity index (χ4n) is 3.49. The van der Waals surface area contributed by atoms with Gasteiger partial charge in [-0.05, 0) is 64.3 Å². The smallest absolute Gasteiger partial charge is 0.119 e. The Morgan fingerprint density at radius 1 is 1.24 bits per heavy atom. The van der Waals surface area contributed by atoms with Crippen molar-refractivity contribution in [2.75, 3.05) is 19.7 Å². The molecular formula is C21H31N3O. The third-order valence-corrected chi connectivity index (χ3v) is 5.15. The summed E-state index contributed by atoms with van der Waals surface area (Å²) in [6, 6.07) is 9.58. The molecule has 25 heavy (non-hydrogen) atoms. The molecule has 1 aromatic carbocycles. The second kappa shape index (κ2) is 8.52. The molecule has 1 saturated heterocycles. The highest BCUT2D eigenvalue weighted by Gasteiger charge is 2.19. The molecule has 136 valence electrons. The van der Waals surface area contributed by atoms with Gasteiger partial charge in [-0.2, -0.15) is 5.10 Å². The van der Waals surface area contributed by atoms with E-state index >= 15 is 0 Å². The van der Waals surface area contributed by atoms with Crippen LogP contribution in [0.25, 0.3) is 0 Å². The number of hydrogen-bond acceptors (Lipinski definition) is 4. The standard InChI is InChI=1S/C21H31N3O/c1-17(2)24-14-11-20(16-22-24)19-7-9-21(10-8-19)25-15-5-13-23-12-4-6-18(23)3/h7-11,14,16-18,20H,4-6,12-13,15H2,1-3H3/t18-,20?/m1/s1. The zero-order valence-corrected chi connectivity index (χ0v) is 15.8. The molecule has 2 aliphatic rings. The molecule has 1 aromatic rings. The molecule has 4 nitrogen and oxygen atoms in total. The van der Waals surface area contributed by atoms with Gasteiger partial charge in [0, 0.05) is 37.0 Å². The molecule has 0 bridgehead atoms. The largest absolute Gasteiger partial charge is 0.494 e. The zero-order valence-electron chi connectivity index (χ0n) is 15.8. The Hall–Kier alpha value is -1.81. The summed E-state index contributed by atoms with van der Waals surface area (Å²) < 4.78 is 5.91. The summed E-state index contributed by atoms with van der Waals surface area (Å²) in [4.78, 5) is 2.57. The molecule has 0 radical (unpaired) electrons. The van der Waals surface area contributed by atoms with Gasteiger partial charge in [0.15, 0.2) is 0 Å². The lowest BCUT2D eigenvalue weighted by Gasteiger charge is -2.23. The van der Waals surface area contributed by atoms with Crippen LogP contribution < -0.4 is 4.74 Å². The van der Waals surface area contributed by atoms with Crippen LogP contribution in [0.5, 0.6) is 5.75 Å². The maximum Gasteiger partial charge on any atom is 0.119 e. The first-order chi connectivity index (χ1) is 12.1. The molecule has 0 aliphatic carbocycles. The minimum atomic E-state index is 0.251. The minimum Gasteiger partial charge on any atom is -0.494 e. The van der Waals surface area contributed by atoms with Crippen molar-refractivity contribution < 1.29 is 4.74 Å². The third kappa shape index (κ3) is 4.85. The summed E-state index contributed by atoms with van der Waals surface area (Å²) in [6.45, 7) is 9.79. The summed E-state index contributed by atoms with van der Waals surface area (Å²) in [5, 5.41) is 6.48. The fourth-order valence-corrected chi connectivity index (χ4v) is 3.49. The third-order valence-electron chi connectivity index (χ3n) is 5.15. The van der Waals surface area contributed by atoms with E-state index in [0.717, 1.165) is 31.4 Å². The van der Waals surface area contributed by atoms with Crippen LogP contribution in [0.4, 0.5) is 0 Å². The number of allylic oxidation sites excluding steroid dienone is 1. The van der Waals surface area contributed by atoms with E-state index in [9.17, 15) is 0 Å². The highest BCUT2D eigenvalue weighted by Crippen LogP contribution is 2.23. The first-order valence-corrected chi connectivity index (χ1v) is 9.61. The van der Waals surface area contributed by atoms with E-state index in [1.54, 1.807) is 0 Å². The molecule has 4 heteroatoms. The number of rotatable bonds is 7. The van der Waals surface area contributed by atoms with E-state index in [2.05, 4.69) is 67.3 Å². The molecule has 1 unspecified atom stereocenters. The average molecular weight is 341 g/mol. The van der Waals surface area contributed by atoms with Gasteiger partial charge in [-0.15, -0.1) is 0 Å². The summed E-state index contributed by atoms with van der Waals surface area (Å²) >= 11 is 0. The van der Waals surface area contributed by atoms with Crippen molar-refractivity contribution in [2.24, 2.45) is 5.10 Å². The van der Waals surface area contributed by atoms with Gasteiger partial charge in [0.25, 0.3) is 0 Å². The summed E-state index contributed by atoms with van der Waals surface area (Å²) in [7, 11) is 0. The van der Waals surface area contributed by atoms with Crippen molar-refractivity contribution in [3.05, 3.63) is 42.1 Å². The highest BCUT2D eigenvalue weighted by atomic mass is 16.5. The van der Waals surface area contributed by atoms with Crippen molar-refractivity contribution >= 4 is 6.21 Å². The van der Waals surface area contributed by atoms with Gasteiger partial charge in [-0.25, -0.2) is 0 Å². The Balaban J connectivity index is 1.43. The van der Waals surface area contributed by atoms with Crippen LogP contribution in [0.1, 0.15) is 51.5 Å². The van der Waals surface area contributed by atoms with E-state index in [1.165, 1.54) is 24.9 Å². The van der Waals surface area contributed by atoms with E-state index in [0.29, 0.717) is 6.04 Å². The second-order valence-corrected chi connectivity index (χ2v) is 7.40. The molecule has 1 fully saturated rings. The first-order valence-electron chi connectivity index (χ1n) is 9.61. The van der Waals surface area contributed by atoms with Crippen LogP contribution in [-0.4, -0.2) is 47.9 Å². The number of hydrogen-bond donors (Lipinski definition) is 0. The second-order valence-electron chi connectivity index (χ2n) is 7.40. The summed E-state index contributed by atoms with van der Waals surface area (Å²) in [6.07, 6.45) is 10.1. The van der Waals surface area contributed by atoms with E-state index in [1.807, 2.05) is 11.2 Å². The lowest BCUT2D eigenvalue weighted by atomic mass is 9.99. The lowest BCUT2D eigenvalue weighted by molar-refractivity contribution is 0.230. The number of likely N-dealkylation sites (tertiary alicyclic amines) is 1.